The number of benzene rings is 1. The van der Waals surface area contributed by atoms with E-state index in [9.17, 15) is 9.59 Å². The Labute approximate surface area is 157 Å². The number of amides is 1. The molecule has 1 aromatic carbocycles. The number of hydrogen-bond acceptors (Lipinski definition) is 4. The summed E-state index contributed by atoms with van der Waals surface area (Å²) in [6.07, 6.45) is 6.66. The fourth-order valence-electron chi connectivity index (χ4n) is 2.90. The van der Waals surface area contributed by atoms with E-state index >= 15 is 0 Å². The van der Waals surface area contributed by atoms with Crippen molar-refractivity contribution in [2.45, 2.75) is 33.2 Å². The maximum Gasteiger partial charge on any atom is 0.264 e. The Balaban J connectivity index is 1.59. The normalized spacial score (nSPS) is 10.7. The van der Waals surface area contributed by atoms with Crippen LogP contribution < -0.4 is 10.9 Å². The summed E-state index contributed by atoms with van der Waals surface area (Å²) >= 11 is 0. The van der Waals surface area contributed by atoms with E-state index in [2.05, 4.69) is 31.8 Å². The zero-order valence-electron chi connectivity index (χ0n) is 15.5. The summed E-state index contributed by atoms with van der Waals surface area (Å²) in [5.41, 5.74) is 1.46. The number of nitrogens with zero attached hydrogens (tertiary/aromatic N) is 3. The number of carbonyl (C=O) groups is 1. The molecule has 0 aliphatic rings. The Morgan fingerprint density at radius 2 is 2.15 bits per heavy atom. The summed E-state index contributed by atoms with van der Waals surface area (Å²) in [6, 6.07) is 7.66. The molecule has 7 heteroatoms. The van der Waals surface area contributed by atoms with E-state index in [-0.39, 0.29) is 5.56 Å². The molecule has 0 radical (unpaired) electrons. The topological polar surface area (TPSA) is 92.7 Å². The first-order chi connectivity index (χ1) is 13.1. The van der Waals surface area contributed by atoms with Gasteiger partial charge < -0.3 is 14.9 Å². The Morgan fingerprint density at radius 1 is 1.30 bits per heavy atom. The van der Waals surface area contributed by atoms with Gasteiger partial charge in [0.25, 0.3) is 11.5 Å². The molecule has 0 fully saturated rings. The molecule has 7 nitrogen and oxygen atoms in total. The van der Waals surface area contributed by atoms with E-state index in [0.717, 1.165) is 36.3 Å². The third-order valence-electron chi connectivity index (χ3n) is 4.31. The van der Waals surface area contributed by atoms with Crippen LogP contribution in [0.5, 0.6) is 0 Å². The highest BCUT2D eigenvalue weighted by Crippen LogP contribution is 2.14. The van der Waals surface area contributed by atoms with Crippen LogP contribution in [0.2, 0.25) is 0 Å². The number of rotatable bonds is 7. The molecule has 2 N–H and O–H groups in total. The maximum atomic E-state index is 12.3. The van der Waals surface area contributed by atoms with Crippen LogP contribution in [-0.4, -0.2) is 32.0 Å². The van der Waals surface area contributed by atoms with Gasteiger partial charge in [0.1, 0.15) is 17.2 Å². The van der Waals surface area contributed by atoms with E-state index in [0.29, 0.717) is 12.4 Å². The average molecular weight is 365 g/mol. The van der Waals surface area contributed by atoms with Gasteiger partial charge in [-0.15, -0.1) is 0 Å². The molecule has 0 spiro atoms. The molecular weight excluding hydrogens is 342 g/mol. The minimum atomic E-state index is -0.443. The number of carbonyl (C=O) groups excluding carboxylic acids is 1. The minimum absolute atomic E-state index is 0.0169. The molecule has 0 saturated carbocycles. The molecule has 0 saturated heterocycles. The second-order valence-corrected chi connectivity index (χ2v) is 6.34. The molecule has 0 bridgehead atoms. The van der Waals surface area contributed by atoms with Crippen LogP contribution in [0.3, 0.4) is 0 Å². The summed E-state index contributed by atoms with van der Waals surface area (Å²) in [4.78, 5) is 35.7. The first-order valence-electron chi connectivity index (χ1n) is 9.03. The predicted octanol–water partition coefficient (Wildman–Crippen LogP) is 2.32. The van der Waals surface area contributed by atoms with Crippen LogP contribution in [0.25, 0.3) is 11.4 Å². The Bertz CT molecular complexity index is 990. The third kappa shape index (κ3) is 4.49. The van der Waals surface area contributed by atoms with E-state index < -0.39 is 11.5 Å². The highest BCUT2D eigenvalue weighted by atomic mass is 16.2. The van der Waals surface area contributed by atoms with Crippen LogP contribution in [0, 0.1) is 6.92 Å². The largest absolute Gasteiger partial charge is 0.352 e. The zero-order valence-corrected chi connectivity index (χ0v) is 15.5. The summed E-state index contributed by atoms with van der Waals surface area (Å²) in [5, 5.41) is 2.78. The van der Waals surface area contributed by atoms with Crippen LogP contribution in [0.1, 0.15) is 35.1 Å². The van der Waals surface area contributed by atoms with Crippen molar-refractivity contribution in [3.8, 4) is 11.4 Å². The lowest BCUT2D eigenvalue weighted by Crippen LogP contribution is -2.31. The van der Waals surface area contributed by atoms with Crippen molar-refractivity contribution in [2.24, 2.45) is 0 Å². The number of aryl methyl sites for hydroxylation is 3. The summed E-state index contributed by atoms with van der Waals surface area (Å²) in [7, 11) is 0. The van der Waals surface area contributed by atoms with Crippen molar-refractivity contribution < 1.29 is 4.79 Å². The van der Waals surface area contributed by atoms with Gasteiger partial charge in [0.2, 0.25) is 0 Å². The Hall–Kier alpha value is -3.22. The average Bonchev–Trinajstić information content (AvgIpc) is 3.12. The molecular formula is C20H23N5O2. The zero-order chi connectivity index (χ0) is 19.2. The van der Waals surface area contributed by atoms with Crippen LogP contribution in [-0.2, 0) is 13.0 Å². The molecule has 2 heterocycles. The lowest BCUT2D eigenvalue weighted by Gasteiger charge is -2.08. The van der Waals surface area contributed by atoms with Crippen molar-refractivity contribution in [2.75, 3.05) is 6.54 Å². The molecule has 2 aromatic heterocycles. The van der Waals surface area contributed by atoms with Crippen LogP contribution in [0.15, 0.2) is 47.7 Å². The SMILES string of the molecule is CCc1nccn1CCCNC(=O)c1cnc(-c2cccc(C)c2)[nH]c1=O. The summed E-state index contributed by atoms with van der Waals surface area (Å²) in [5.74, 6) is 1.06. The van der Waals surface area contributed by atoms with Gasteiger partial charge in [0.05, 0.1) is 0 Å². The second kappa shape index (κ2) is 8.44. The van der Waals surface area contributed by atoms with Crippen molar-refractivity contribution in [3.05, 3.63) is 70.2 Å². The predicted molar refractivity (Wildman–Crippen MR) is 104 cm³/mol. The van der Waals surface area contributed by atoms with Gasteiger partial charge in [-0.05, 0) is 19.4 Å². The maximum absolute atomic E-state index is 12.3. The van der Waals surface area contributed by atoms with E-state index in [1.54, 1.807) is 6.20 Å². The molecule has 0 unspecified atom stereocenters. The molecule has 0 atom stereocenters. The minimum Gasteiger partial charge on any atom is -0.352 e. The molecule has 140 valence electrons. The number of aromatic amines is 1. The lowest BCUT2D eigenvalue weighted by atomic mass is 10.1. The molecule has 1 amide bonds. The highest BCUT2D eigenvalue weighted by Gasteiger charge is 2.12. The number of hydrogen-bond donors (Lipinski definition) is 2. The standard InChI is InChI=1S/C20H23N5O2/c1-3-17-21-9-11-25(17)10-5-8-22-19(26)16-13-23-18(24-20(16)27)15-7-4-6-14(2)12-15/h4,6-7,9,11-13H,3,5,8,10H2,1-2H3,(H,22,26)(H,23,24,27). The lowest BCUT2D eigenvalue weighted by molar-refractivity contribution is 0.0951. The van der Waals surface area contributed by atoms with E-state index in [1.165, 1.54) is 6.20 Å². The number of imidazole rings is 1. The molecule has 3 rings (SSSR count). The van der Waals surface area contributed by atoms with Crippen LogP contribution in [0.4, 0.5) is 0 Å². The second-order valence-electron chi connectivity index (χ2n) is 6.34. The molecule has 27 heavy (non-hydrogen) atoms. The Morgan fingerprint density at radius 3 is 2.89 bits per heavy atom. The quantitative estimate of drug-likeness (QED) is 0.629. The Kier molecular flexibility index (Phi) is 5.80. The molecule has 0 aliphatic carbocycles. The number of H-pyrrole nitrogens is 1. The van der Waals surface area contributed by atoms with Gasteiger partial charge >= 0.3 is 0 Å². The fraction of sp³-hybridized carbons (Fsp3) is 0.300. The molecule has 3 aromatic rings. The van der Waals surface area contributed by atoms with Gasteiger partial charge in [-0.1, -0.05) is 30.7 Å². The molecule has 0 aliphatic heterocycles. The highest BCUT2D eigenvalue weighted by molar-refractivity contribution is 5.93. The third-order valence-corrected chi connectivity index (χ3v) is 4.31. The monoisotopic (exact) mass is 365 g/mol. The summed E-state index contributed by atoms with van der Waals surface area (Å²) in [6.45, 7) is 5.26. The van der Waals surface area contributed by atoms with Gasteiger partial charge in [-0.2, -0.15) is 0 Å². The van der Waals surface area contributed by atoms with Crippen molar-refractivity contribution in [3.63, 3.8) is 0 Å². The smallest absolute Gasteiger partial charge is 0.264 e. The van der Waals surface area contributed by atoms with Crippen molar-refractivity contribution >= 4 is 5.91 Å². The fourth-order valence-corrected chi connectivity index (χ4v) is 2.90. The number of aromatic nitrogens is 4. The van der Waals surface area contributed by atoms with E-state index in [1.807, 2.05) is 37.4 Å². The van der Waals surface area contributed by atoms with Gasteiger partial charge in [0.15, 0.2) is 0 Å². The van der Waals surface area contributed by atoms with E-state index in [4.69, 9.17) is 0 Å². The first-order valence-corrected chi connectivity index (χ1v) is 9.03. The van der Waals surface area contributed by atoms with Crippen molar-refractivity contribution in [1.29, 1.82) is 0 Å². The van der Waals surface area contributed by atoms with Gasteiger partial charge in [-0.3, -0.25) is 9.59 Å². The number of nitrogens with one attached hydrogen (secondary N) is 2. The van der Waals surface area contributed by atoms with Crippen LogP contribution >= 0.6 is 0 Å². The van der Waals surface area contributed by atoms with Gasteiger partial charge in [-0.25, -0.2) is 9.97 Å². The first kappa shape index (κ1) is 18.6. The van der Waals surface area contributed by atoms with Gasteiger partial charge in [0, 0.05) is 43.7 Å². The van der Waals surface area contributed by atoms with Crippen molar-refractivity contribution in [1.82, 2.24) is 24.8 Å². The summed E-state index contributed by atoms with van der Waals surface area (Å²) < 4.78 is 2.07.